The smallest absolute Gasteiger partial charge is 0.106 e. The standard InChI is InChI=1S/C9H13NS/c1-2-3-5-8-6-4-7-10-9(8)11/h4,6-7H,2-3,5H2,1H3,(H,10,11). The van der Waals surface area contributed by atoms with Crippen LogP contribution in [0.1, 0.15) is 25.3 Å². The average Bonchev–Trinajstić information content (AvgIpc) is 2.03. The molecule has 0 bridgehead atoms. The summed E-state index contributed by atoms with van der Waals surface area (Å²) >= 11 is 5.11. The lowest BCUT2D eigenvalue weighted by molar-refractivity contribution is 0.790. The molecule has 1 aromatic rings. The fourth-order valence-electron chi connectivity index (χ4n) is 1.02. The molecule has 0 aliphatic carbocycles. The number of rotatable bonds is 3. The summed E-state index contributed by atoms with van der Waals surface area (Å²) in [4.78, 5) is 3.02. The van der Waals surface area contributed by atoms with Crippen LogP contribution in [0.4, 0.5) is 0 Å². The van der Waals surface area contributed by atoms with E-state index in [1.807, 2.05) is 12.3 Å². The molecule has 0 radical (unpaired) electrons. The topological polar surface area (TPSA) is 15.8 Å². The highest BCUT2D eigenvalue weighted by atomic mass is 32.1. The highest BCUT2D eigenvalue weighted by Crippen LogP contribution is 2.04. The number of nitrogens with one attached hydrogen (secondary N) is 1. The SMILES string of the molecule is CCCCc1ccc[nH]c1=S. The Kier molecular flexibility index (Phi) is 3.30. The molecule has 11 heavy (non-hydrogen) atoms. The molecule has 1 nitrogen and oxygen atoms in total. The van der Waals surface area contributed by atoms with Crippen molar-refractivity contribution >= 4 is 12.2 Å². The van der Waals surface area contributed by atoms with E-state index in [1.165, 1.54) is 18.4 Å². The molecule has 1 heterocycles. The normalized spacial score (nSPS) is 9.91. The summed E-state index contributed by atoms with van der Waals surface area (Å²) in [6.45, 7) is 2.19. The molecular weight excluding hydrogens is 154 g/mol. The zero-order chi connectivity index (χ0) is 8.10. The summed E-state index contributed by atoms with van der Waals surface area (Å²) in [6, 6.07) is 4.09. The van der Waals surface area contributed by atoms with Crippen molar-refractivity contribution in [3.63, 3.8) is 0 Å². The Morgan fingerprint density at radius 2 is 2.36 bits per heavy atom. The number of aromatic nitrogens is 1. The Balaban J connectivity index is 2.70. The van der Waals surface area contributed by atoms with Crippen LogP contribution in [-0.2, 0) is 6.42 Å². The van der Waals surface area contributed by atoms with E-state index >= 15 is 0 Å². The van der Waals surface area contributed by atoms with Gasteiger partial charge in [-0.3, -0.25) is 0 Å². The first-order valence-corrected chi connectivity index (χ1v) is 4.42. The molecule has 0 aromatic carbocycles. The van der Waals surface area contributed by atoms with Gasteiger partial charge < -0.3 is 4.98 Å². The fourth-order valence-corrected chi connectivity index (χ4v) is 1.26. The largest absolute Gasteiger partial charge is 0.353 e. The van der Waals surface area contributed by atoms with Crippen molar-refractivity contribution in [2.45, 2.75) is 26.2 Å². The molecule has 0 aliphatic rings. The monoisotopic (exact) mass is 167 g/mol. The molecule has 1 N–H and O–H groups in total. The minimum Gasteiger partial charge on any atom is -0.353 e. The van der Waals surface area contributed by atoms with Gasteiger partial charge in [-0.1, -0.05) is 31.6 Å². The lowest BCUT2D eigenvalue weighted by atomic mass is 10.1. The number of aryl methyl sites for hydroxylation is 1. The molecule has 1 rings (SSSR count). The predicted molar refractivity (Wildman–Crippen MR) is 50.2 cm³/mol. The van der Waals surface area contributed by atoms with Crippen LogP contribution in [-0.4, -0.2) is 4.98 Å². The van der Waals surface area contributed by atoms with Crippen molar-refractivity contribution in [1.29, 1.82) is 0 Å². The Labute approximate surface area is 72.5 Å². The molecule has 0 fully saturated rings. The number of unbranched alkanes of at least 4 members (excludes halogenated alkanes) is 1. The van der Waals surface area contributed by atoms with Crippen LogP contribution in [0.3, 0.4) is 0 Å². The van der Waals surface area contributed by atoms with Crippen LogP contribution in [0.25, 0.3) is 0 Å². The molecule has 2 heteroatoms. The highest BCUT2D eigenvalue weighted by molar-refractivity contribution is 7.71. The first kappa shape index (κ1) is 8.47. The summed E-state index contributed by atoms with van der Waals surface area (Å²) in [5, 5.41) is 0. The Bertz CT molecular complexity index is 264. The van der Waals surface area contributed by atoms with Crippen LogP contribution < -0.4 is 0 Å². The maximum Gasteiger partial charge on any atom is 0.106 e. The van der Waals surface area contributed by atoms with Gasteiger partial charge in [0.2, 0.25) is 0 Å². The molecule has 0 saturated heterocycles. The molecule has 0 aliphatic heterocycles. The van der Waals surface area contributed by atoms with Gasteiger partial charge in [-0.25, -0.2) is 0 Å². The van der Waals surface area contributed by atoms with Gasteiger partial charge in [0.15, 0.2) is 0 Å². The zero-order valence-corrected chi connectivity index (χ0v) is 7.58. The number of hydrogen-bond donors (Lipinski definition) is 1. The van der Waals surface area contributed by atoms with Crippen molar-refractivity contribution in [1.82, 2.24) is 4.98 Å². The van der Waals surface area contributed by atoms with Crippen LogP contribution >= 0.6 is 12.2 Å². The zero-order valence-electron chi connectivity index (χ0n) is 6.76. The van der Waals surface area contributed by atoms with E-state index in [-0.39, 0.29) is 0 Å². The molecular formula is C9H13NS. The maximum absolute atomic E-state index is 5.11. The lowest BCUT2D eigenvalue weighted by Crippen LogP contribution is -1.87. The highest BCUT2D eigenvalue weighted by Gasteiger charge is 1.92. The van der Waals surface area contributed by atoms with Gasteiger partial charge in [0.25, 0.3) is 0 Å². The molecule has 60 valence electrons. The van der Waals surface area contributed by atoms with Gasteiger partial charge in [0, 0.05) is 6.20 Å². The third-order valence-electron chi connectivity index (χ3n) is 1.70. The van der Waals surface area contributed by atoms with Gasteiger partial charge in [-0.05, 0) is 24.5 Å². The second kappa shape index (κ2) is 4.29. The first-order chi connectivity index (χ1) is 5.34. The Morgan fingerprint density at radius 3 is 3.00 bits per heavy atom. The van der Waals surface area contributed by atoms with E-state index in [0.29, 0.717) is 0 Å². The lowest BCUT2D eigenvalue weighted by Gasteiger charge is -1.97. The van der Waals surface area contributed by atoms with Crippen molar-refractivity contribution in [2.24, 2.45) is 0 Å². The van der Waals surface area contributed by atoms with Crippen LogP contribution in [0.2, 0.25) is 0 Å². The average molecular weight is 167 g/mol. The van der Waals surface area contributed by atoms with Crippen LogP contribution in [0.5, 0.6) is 0 Å². The Morgan fingerprint density at radius 1 is 1.55 bits per heavy atom. The summed E-state index contributed by atoms with van der Waals surface area (Å²) in [5.74, 6) is 0. The predicted octanol–water partition coefficient (Wildman–Crippen LogP) is 3.09. The van der Waals surface area contributed by atoms with Crippen LogP contribution in [0.15, 0.2) is 18.3 Å². The van der Waals surface area contributed by atoms with E-state index in [9.17, 15) is 0 Å². The molecule has 0 spiro atoms. The van der Waals surface area contributed by atoms with Crippen molar-refractivity contribution < 1.29 is 0 Å². The van der Waals surface area contributed by atoms with Gasteiger partial charge in [0.05, 0.1) is 0 Å². The number of hydrogen-bond acceptors (Lipinski definition) is 1. The molecule has 0 amide bonds. The van der Waals surface area contributed by atoms with Gasteiger partial charge >= 0.3 is 0 Å². The van der Waals surface area contributed by atoms with E-state index in [2.05, 4.69) is 18.0 Å². The third-order valence-corrected chi connectivity index (χ3v) is 2.08. The molecule has 1 aromatic heterocycles. The van der Waals surface area contributed by atoms with E-state index in [0.717, 1.165) is 11.1 Å². The summed E-state index contributed by atoms with van der Waals surface area (Å²) in [7, 11) is 0. The second-order valence-corrected chi connectivity index (χ2v) is 3.04. The van der Waals surface area contributed by atoms with E-state index < -0.39 is 0 Å². The van der Waals surface area contributed by atoms with E-state index in [4.69, 9.17) is 12.2 Å². The second-order valence-electron chi connectivity index (χ2n) is 2.63. The fraction of sp³-hybridized carbons (Fsp3) is 0.444. The van der Waals surface area contributed by atoms with Crippen molar-refractivity contribution in [3.05, 3.63) is 28.5 Å². The number of H-pyrrole nitrogens is 1. The summed E-state index contributed by atoms with van der Waals surface area (Å²) in [5.41, 5.74) is 1.27. The van der Waals surface area contributed by atoms with Gasteiger partial charge in [-0.15, -0.1) is 0 Å². The summed E-state index contributed by atoms with van der Waals surface area (Å²) < 4.78 is 0.890. The maximum atomic E-state index is 5.11. The van der Waals surface area contributed by atoms with Crippen molar-refractivity contribution in [3.8, 4) is 0 Å². The number of aromatic amines is 1. The third kappa shape index (κ3) is 2.46. The van der Waals surface area contributed by atoms with Crippen molar-refractivity contribution in [2.75, 3.05) is 0 Å². The first-order valence-electron chi connectivity index (χ1n) is 4.01. The molecule has 0 saturated carbocycles. The molecule has 0 unspecified atom stereocenters. The number of pyridine rings is 1. The Hall–Kier alpha value is -0.630. The quantitative estimate of drug-likeness (QED) is 0.684. The molecule has 0 atom stereocenters. The van der Waals surface area contributed by atoms with Crippen LogP contribution in [0, 0.1) is 4.64 Å². The van der Waals surface area contributed by atoms with E-state index in [1.54, 1.807) is 0 Å². The minimum atomic E-state index is 0.890. The van der Waals surface area contributed by atoms with Gasteiger partial charge in [-0.2, -0.15) is 0 Å². The van der Waals surface area contributed by atoms with Gasteiger partial charge in [0.1, 0.15) is 4.64 Å². The minimum absolute atomic E-state index is 0.890. The summed E-state index contributed by atoms with van der Waals surface area (Å²) in [6.07, 6.45) is 5.43.